The van der Waals surface area contributed by atoms with Gasteiger partial charge in [-0.3, -0.25) is 0 Å². The molecule has 0 aliphatic carbocycles. The van der Waals surface area contributed by atoms with Crippen LogP contribution in [-0.4, -0.2) is 10.2 Å². The standard InChI is InChI=1S/C15H15N3O2/c1-2-13(14-7-4-8-19-14)17-12-6-3-5-11(9-12)15-18-16-10-20-15/h3-10,13,17H,2H2,1H3. The summed E-state index contributed by atoms with van der Waals surface area (Å²) in [6.07, 6.45) is 3.94. The summed E-state index contributed by atoms with van der Waals surface area (Å²) in [4.78, 5) is 0. The Balaban J connectivity index is 1.82. The summed E-state index contributed by atoms with van der Waals surface area (Å²) in [7, 11) is 0. The van der Waals surface area contributed by atoms with E-state index in [4.69, 9.17) is 8.83 Å². The summed E-state index contributed by atoms with van der Waals surface area (Å²) in [6, 6.07) is 11.9. The molecule has 1 atom stereocenters. The van der Waals surface area contributed by atoms with E-state index in [-0.39, 0.29) is 6.04 Å². The molecule has 0 saturated heterocycles. The van der Waals surface area contributed by atoms with Gasteiger partial charge >= 0.3 is 0 Å². The van der Waals surface area contributed by atoms with Crippen molar-refractivity contribution in [2.75, 3.05) is 5.32 Å². The van der Waals surface area contributed by atoms with Crippen LogP contribution in [0.1, 0.15) is 25.1 Å². The number of rotatable bonds is 5. The number of anilines is 1. The second-order valence-corrected chi connectivity index (χ2v) is 4.45. The van der Waals surface area contributed by atoms with Gasteiger partial charge in [-0.15, -0.1) is 10.2 Å². The molecule has 102 valence electrons. The third-order valence-electron chi connectivity index (χ3n) is 3.11. The fraction of sp³-hybridized carbons (Fsp3) is 0.200. The van der Waals surface area contributed by atoms with Gasteiger partial charge in [-0.05, 0) is 36.8 Å². The lowest BCUT2D eigenvalue weighted by atomic mass is 10.1. The van der Waals surface area contributed by atoms with Gasteiger partial charge < -0.3 is 14.2 Å². The maximum atomic E-state index is 5.46. The van der Waals surface area contributed by atoms with Gasteiger partial charge in [-0.25, -0.2) is 0 Å². The van der Waals surface area contributed by atoms with E-state index in [2.05, 4.69) is 22.4 Å². The molecule has 0 amide bonds. The van der Waals surface area contributed by atoms with Crippen LogP contribution in [0.4, 0.5) is 5.69 Å². The van der Waals surface area contributed by atoms with Gasteiger partial charge in [-0.1, -0.05) is 13.0 Å². The Morgan fingerprint density at radius 1 is 1.20 bits per heavy atom. The number of furan rings is 1. The van der Waals surface area contributed by atoms with Crippen molar-refractivity contribution in [1.82, 2.24) is 10.2 Å². The smallest absolute Gasteiger partial charge is 0.247 e. The molecule has 0 bridgehead atoms. The Morgan fingerprint density at radius 2 is 2.15 bits per heavy atom. The molecule has 1 aromatic carbocycles. The zero-order chi connectivity index (χ0) is 13.8. The van der Waals surface area contributed by atoms with E-state index in [0.29, 0.717) is 5.89 Å². The topological polar surface area (TPSA) is 64.1 Å². The van der Waals surface area contributed by atoms with Crippen LogP contribution in [0, 0.1) is 0 Å². The normalized spacial score (nSPS) is 12.2. The summed E-state index contributed by atoms with van der Waals surface area (Å²) < 4.78 is 10.7. The molecule has 5 nitrogen and oxygen atoms in total. The molecule has 0 fully saturated rings. The van der Waals surface area contributed by atoms with Crippen LogP contribution in [0.15, 0.2) is 57.9 Å². The molecule has 1 N–H and O–H groups in total. The molecule has 0 aliphatic rings. The molecule has 3 rings (SSSR count). The van der Waals surface area contributed by atoms with Gasteiger partial charge in [0.2, 0.25) is 12.3 Å². The van der Waals surface area contributed by atoms with E-state index in [1.165, 1.54) is 6.39 Å². The van der Waals surface area contributed by atoms with Gasteiger partial charge in [0.15, 0.2) is 0 Å². The lowest BCUT2D eigenvalue weighted by Gasteiger charge is -2.16. The number of hydrogen-bond acceptors (Lipinski definition) is 5. The molecule has 1 unspecified atom stereocenters. The van der Waals surface area contributed by atoms with Crippen molar-refractivity contribution in [2.45, 2.75) is 19.4 Å². The molecule has 3 aromatic rings. The molecule has 0 aliphatic heterocycles. The van der Waals surface area contributed by atoms with Crippen molar-refractivity contribution in [2.24, 2.45) is 0 Å². The van der Waals surface area contributed by atoms with Crippen LogP contribution < -0.4 is 5.32 Å². The van der Waals surface area contributed by atoms with Crippen LogP contribution in [-0.2, 0) is 0 Å². The third kappa shape index (κ3) is 2.56. The van der Waals surface area contributed by atoms with E-state index in [9.17, 15) is 0 Å². The van der Waals surface area contributed by atoms with Crippen molar-refractivity contribution >= 4 is 5.69 Å². The Labute approximate surface area is 116 Å². The van der Waals surface area contributed by atoms with Gasteiger partial charge in [0.25, 0.3) is 0 Å². The van der Waals surface area contributed by atoms with Crippen LogP contribution in [0.25, 0.3) is 11.5 Å². The summed E-state index contributed by atoms with van der Waals surface area (Å²) in [5.74, 6) is 1.44. The summed E-state index contributed by atoms with van der Waals surface area (Å²) in [6.45, 7) is 2.11. The maximum Gasteiger partial charge on any atom is 0.247 e. The zero-order valence-corrected chi connectivity index (χ0v) is 11.1. The third-order valence-corrected chi connectivity index (χ3v) is 3.11. The predicted molar refractivity (Wildman–Crippen MR) is 75.1 cm³/mol. The highest BCUT2D eigenvalue weighted by Crippen LogP contribution is 2.26. The minimum Gasteiger partial charge on any atom is -0.467 e. The first-order valence-corrected chi connectivity index (χ1v) is 6.53. The summed E-state index contributed by atoms with van der Waals surface area (Å²) in [5.41, 5.74) is 1.88. The van der Waals surface area contributed by atoms with Crippen molar-refractivity contribution in [3.8, 4) is 11.5 Å². The molecule has 20 heavy (non-hydrogen) atoms. The Hall–Kier alpha value is -2.56. The van der Waals surface area contributed by atoms with E-state index in [1.807, 2.05) is 36.4 Å². The number of nitrogens with zero attached hydrogens (tertiary/aromatic N) is 2. The minimum atomic E-state index is 0.142. The lowest BCUT2D eigenvalue weighted by Crippen LogP contribution is -2.08. The minimum absolute atomic E-state index is 0.142. The van der Waals surface area contributed by atoms with Crippen LogP contribution >= 0.6 is 0 Å². The highest BCUT2D eigenvalue weighted by atomic mass is 16.4. The summed E-state index contributed by atoms with van der Waals surface area (Å²) >= 11 is 0. The second-order valence-electron chi connectivity index (χ2n) is 4.45. The average molecular weight is 269 g/mol. The molecule has 5 heteroatoms. The van der Waals surface area contributed by atoms with Crippen LogP contribution in [0.2, 0.25) is 0 Å². The van der Waals surface area contributed by atoms with Gasteiger partial charge in [-0.2, -0.15) is 0 Å². The fourth-order valence-electron chi connectivity index (χ4n) is 2.11. The number of benzene rings is 1. The first-order chi connectivity index (χ1) is 9.86. The monoisotopic (exact) mass is 269 g/mol. The van der Waals surface area contributed by atoms with E-state index in [1.54, 1.807) is 6.26 Å². The van der Waals surface area contributed by atoms with Crippen LogP contribution in [0.5, 0.6) is 0 Å². The van der Waals surface area contributed by atoms with E-state index < -0.39 is 0 Å². The van der Waals surface area contributed by atoms with Crippen molar-refractivity contribution in [3.05, 3.63) is 54.8 Å². The number of nitrogens with one attached hydrogen (secondary N) is 1. The van der Waals surface area contributed by atoms with Gasteiger partial charge in [0.05, 0.1) is 12.3 Å². The molecule has 2 aromatic heterocycles. The lowest BCUT2D eigenvalue weighted by molar-refractivity contribution is 0.474. The van der Waals surface area contributed by atoms with Crippen molar-refractivity contribution < 1.29 is 8.83 Å². The van der Waals surface area contributed by atoms with Crippen molar-refractivity contribution in [3.63, 3.8) is 0 Å². The fourth-order valence-corrected chi connectivity index (χ4v) is 2.11. The molecule has 2 heterocycles. The van der Waals surface area contributed by atoms with Crippen LogP contribution in [0.3, 0.4) is 0 Å². The first kappa shape index (κ1) is 12.5. The molecule has 0 saturated carbocycles. The zero-order valence-electron chi connectivity index (χ0n) is 11.1. The van der Waals surface area contributed by atoms with E-state index in [0.717, 1.165) is 23.4 Å². The largest absolute Gasteiger partial charge is 0.467 e. The predicted octanol–water partition coefficient (Wildman–Crippen LogP) is 3.89. The highest BCUT2D eigenvalue weighted by Gasteiger charge is 2.12. The SMILES string of the molecule is CCC(Nc1cccc(-c2nnco2)c1)c1ccco1. The van der Waals surface area contributed by atoms with Gasteiger partial charge in [0, 0.05) is 11.3 Å². The summed E-state index contributed by atoms with van der Waals surface area (Å²) in [5, 5.41) is 11.1. The first-order valence-electron chi connectivity index (χ1n) is 6.53. The molecular formula is C15H15N3O2. The number of aromatic nitrogens is 2. The van der Waals surface area contributed by atoms with E-state index >= 15 is 0 Å². The average Bonchev–Trinajstić information content (AvgIpc) is 3.17. The second kappa shape index (κ2) is 5.61. The molecule has 0 radical (unpaired) electrons. The maximum absolute atomic E-state index is 5.46. The molecular weight excluding hydrogens is 254 g/mol. The van der Waals surface area contributed by atoms with Gasteiger partial charge in [0.1, 0.15) is 5.76 Å². The number of hydrogen-bond donors (Lipinski definition) is 1. The Kier molecular flexibility index (Phi) is 3.50. The Morgan fingerprint density at radius 3 is 2.85 bits per heavy atom. The Bertz CT molecular complexity index is 648. The highest BCUT2D eigenvalue weighted by molar-refractivity contribution is 5.61. The van der Waals surface area contributed by atoms with Crippen molar-refractivity contribution in [1.29, 1.82) is 0 Å². The quantitative estimate of drug-likeness (QED) is 0.761. The molecule has 0 spiro atoms.